The smallest absolute Gasteiger partial charge is 0.258 e. The van der Waals surface area contributed by atoms with Crippen molar-refractivity contribution in [1.29, 1.82) is 0 Å². The van der Waals surface area contributed by atoms with E-state index in [1.54, 1.807) is 6.07 Å². The summed E-state index contributed by atoms with van der Waals surface area (Å²) in [7, 11) is 0. The normalized spacial score (nSPS) is 10.2. The third-order valence-corrected chi connectivity index (χ3v) is 2.88. The Kier molecular flexibility index (Phi) is 3.80. The highest BCUT2D eigenvalue weighted by atomic mass is 19.1. The van der Waals surface area contributed by atoms with E-state index < -0.39 is 11.7 Å². The Morgan fingerprint density at radius 3 is 2.74 bits per heavy atom. The standard InChI is InChI=1S/C15H15FN2O/c1-2-10-5-3-4-6-14(10)18-15(19)12-9-11(17)7-8-13(12)16/h3-9H,2,17H2,1H3,(H,18,19). The fourth-order valence-electron chi connectivity index (χ4n) is 1.86. The number of rotatable bonds is 3. The van der Waals surface area contributed by atoms with Crippen molar-refractivity contribution in [3.05, 3.63) is 59.4 Å². The number of halogens is 1. The minimum atomic E-state index is -0.583. The summed E-state index contributed by atoms with van der Waals surface area (Å²) in [5.41, 5.74) is 7.57. The van der Waals surface area contributed by atoms with Gasteiger partial charge in [-0.1, -0.05) is 25.1 Å². The van der Waals surface area contributed by atoms with E-state index in [0.717, 1.165) is 12.0 Å². The molecule has 3 nitrogen and oxygen atoms in total. The van der Waals surface area contributed by atoms with Crippen LogP contribution in [0.3, 0.4) is 0 Å². The van der Waals surface area contributed by atoms with Crippen LogP contribution in [0.4, 0.5) is 15.8 Å². The van der Waals surface area contributed by atoms with E-state index in [2.05, 4.69) is 5.32 Å². The van der Waals surface area contributed by atoms with Crippen molar-refractivity contribution in [2.24, 2.45) is 0 Å². The first-order chi connectivity index (χ1) is 9.11. The maximum atomic E-state index is 13.6. The number of hydrogen-bond donors (Lipinski definition) is 2. The molecule has 0 saturated carbocycles. The molecule has 0 atom stereocenters. The van der Waals surface area contributed by atoms with E-state index >= 15 is 0 Å². The van der Waals surface area contributed by atoms with Gasteiger partial charge in [0.1, 0.15) is 5.82 Å². The van der Waals surface area contributed by atoms with Gasteiger partial charge in [-0.25, -0.2) is 4.39 Å². The lowest BCUT2D eigenvalue weighted by molar-refractivity contribution is 0.102. The number of aryl methyl sites for hydroxylation is 1. The number of nitrogens with two attached hydrogens (primary N) is 1. The van der Waals surface area contributed by atoms with E-state index in [1.807, 2.05) is 25.1 Å². The predicted molar refractivity (Wildman–Crippen MR) is 74.6 cm³/mol. The summed E-state index contributed by atoms with van der Waals surface area (Å²) in [5.74, 6) is -1.08. The van der Waals surface area contributed by atoms with Gasteiger partial charge in [-0.3, -0.25) is 4.79 Å². The van der Waals surface area contributed by atoms with Crippen LogP contribution in [0.2, 0.25) is 0 Å². The molecule has 98 valence electrons. The summed E-state index contributed by atoms with van der Waals surface area (Å²) in [6.07, 6.45) is 0.788. The number of hydrogen-bond acceptors (Lipinski definition) is 2. The van der Waals surface area contributed by atoms with Gasteiger partial charge in [0.05, 0.1) is 5.56 Å². The first-order valence-corrected chi connectivity index (χ1v) is 6.06. The molecule has 0 bridgehead atoms. The van der Waals surface area contributed by atoms with Gasteiger partial charge in [0.25, 0.3) is 5.91 Å². The molecule has 2 aromatic carbocycles. The van der Waals surface area contributed by atoms with Crippen LogP contribution in [0.1, 0.15) is 22.8 Å². The number of para-hydroxylation sites is 1. The van der Waals surface area contributed by atoms with E-state index in [4.69, 9.17) is 5.73 Å². The molecular formula is C15H15FN2O. The first kappa shape index (κ1) is 13.1. The van der Waals surface area contributed by atoms with Crippen LogP contribution in [-0.4, -0.2) is 5.91 Å². The van der Waals surface area contributed by atoms with Crippen LogP contribution in [-0.2, 0) is 6.42 Å². The monoisotopic (exact) mass is 258 g/mol. The molecule has 0 aliphatic heterocycles. The Morgan fingerprint density at radius 2 is 2.00 bits per heavy atom. The Labute approximate surface area is 111 Å². The summed E-state index contributed by atoms with van der Waals surface area (Å²) in [6, 6.07) is 11.4. The molecule has 0 spiro atoms. The fourth-order valence-corrected chi connectivity index (χ4v) is 1.86. The number of carbonyl (C=O) groups excluding carboxylic acids is 1. The first-order valence-electron chi connectivity index (χ1n) is 6.06. The van der Waals surface area contributed by atoms with Crippen molar-refractivity contribution in [2.75, 3.05) is 11.1 Å². The number of amides is 1. The second-order valence-corrected chi connectivity index (χ2v) is 4.20. The molecule has 1 amide bonds. The summed E-state index contributed by atoms with van der Waals surface area (Å²) in [5, 5.41) is 2.71. The molecule has 4 heteroatoms. The average Bonchev–Trinajstić information content (AvgIpc) is 2.42. The van der Waals surface area contributed by atoms with Crippen molar-refractivity contribution in [3.8, 4) is 0 Å². The predicted octanol–water partition coefficient (Wildman–Crippen LogP) is 3.22. The topological polar surface area (TPSA) is 55.1 Å². The van der Waals surface area contributed by atoms with Gasteiger partial charge in [0, 0.05) is 11.4 Å². The van der Waals surface area contributed by atoms with Crippen molar-refractivity contribution >= 4 is 17.3 Å². The fraction of sp³-hybridized carbons (Fsp3) is 0.133. The van der Waals surface area contributed by atoms with Gasteiger partial charge < -0.3 is 11.1 Å². The number of nitrogens with one attached hydrogen (secondary N) is 1. The Balaban J connectivity index is 2.28. The summed E-state index contributed by atoms with van der Waals surface area (Å²) < 4.78 is 13.6. The van der Waals surface area contributed by atoms with Gasteiger partial charge in [-0.05, 0) is 36.2 Å². The minimum Gasteiger partial charge on any atom is -0.399 e. The van der Waals surface area contributed by atoms with Gasteiger partial charge in [0.2, 0.25) is 0 Å². The van der Waals surface area contributed by atoms with Crippen molar-refractivity contribution in [3.63, 3.8) is 0 Å². The minimum absolute atomic E-state index is 0.0501. The molecule has 0 heterocycles. The number of nitrogen functional groups attached to an aromatic ring is 1. The highest BCUT2D eigenvalue weighted by Gasteiger charge is 2.13. The molecule has 0 fully saturated rings. The number of anilines is 2. The van der Waals surface area contributed by atoms with Crippen LogP contribution < -0.4 is 11.1 Å². The van der Waals surface area contributed by atoms with E-state index in [-0.39, 0.29) is 5.56 Å². The lowest BCUT2D eigenvalue weighted by atomic mass is 10.1. The second kappa shape index (κ2) is 5.52. The zero-order valence-corrected chi connectivity index (χ0v) is 10.6. The molecular weight excluding hydrogens is 243 g/mol. The molecule has 0 saturated heterocycles. The van der Waals surface area contributed by atoms with Gasteiger partial charge >= 0.3 is 0 Å². The van der Waals surface area contributed by atoms with Crippen molar-refractivity contribution < 1.29 is 9.18 Å². The summed E-state index contributed by atoms with van der Waals surface area (Å²) >= 11 is 0. The summed E-state index contributed by atoms with van der Waals surface area (Å²) in [4.78, 5) is 12.0. The lowest BCUT2D eigenvalue weighted by Gasteiger charge is -2.10. The van der Waals surface area contributed by atoms with Crippen LogP contribution in [0.5, 0.6) is 0 Å². The van der Waals surface area contributed by atoms with Crippen LogP contribution in [0.25, 0.3) is 0 Å². The molecule has 0 aliphatic rings. The molecule has 3 N–H and O–H groups in total. The number of benzene rings is 2. The van der Waals surface area contributed by atoms with E-state index in [0.29, 0.717) is 11.4 Å². The SMILES string of the molecule is CCc1ccccc1NC(=O)c1cc(N)ccc1F. The quantitative estimate of drug-likeness (QED) is 0.830. The largest absolute Gasteiger partial charge is 0.399 e. The van der Waals surface area contributed by atoms with Gasteiger partial charge in [0.15, 0.2) is 0 Å². The maximum absolute atomic E-state index is 13.6. The average molecular weight is 258 g/mol. The molecule has 0 aliphatic carbocycles. The van der Waals surface area contributed by atoms with Crippen molar-refractivity contribution in [1.82, 2.24) is 0 Å². The van der Waals surface area contributed by atoms with E-state index in [9.17, 15) is 9.18 Å². The number of carbonyl (C=O) groups is 1. The van der Waals surface area contributed by atoms with Crippen molar-refractivity contribution in [2.45, 2.75) is 13.3 Å². The van der Waals surface area contributed by atoms with Gasteiger partial charge in [-0.15, -0.1) is 0 Å². The van der Waals surface area contributed by atoms with Crippen LogP contribution in [0.15, 0.2) is 42.5 Å². The zero-order valence-electron chi connectivity index (χ0n) is 10.6. The van der Waals surface area contributed by atoms with E-state index in [1.165, 1.54) is 18.2 Å². The van der Waals surface area contributed by atoms with Crippen LogP contribution in [0, 0.1) is 5.82 Å². The zero-order chi connectivity index (χ0) is 13.8. The molecule has 2 aromatic rings. The summed E-state index contributed by atoms with van der Waals surface area (Å²) in [6.45, 7) is 1.99. The molecule has 19 heavy (non-hydrogen) atoms. The molecule has 0 aromatic heterocycles. The Hall–Kier alpha value is -2.36. The Morgan fingerprint density at radius 1 is 1.26 bits per heavy atom. The third kappa shape index (κ3) is 2.91. The molecule has 0 radical (unpaired) electrons. The Bertz CT molecular complexity index is 611. The van der Waals surface area contributed by atoms with Crippen LogP contribution >= 0.6 is 0 Å². The molecule has 2 rings (SSSR count). The maximum Gasteiger partial charge on any atom is 0.258 e. The van der Waals surface area contributed by atoms with Gasteiger partial charge in [-0.2, -0.15) is 0 Å². The third-order valence-electron chi connectivity index (χ3n) is 2.88. The lowest BCUT2D eigenvalue weighted by Crippen LogP contribution is -2.15. The highest BCUT2D eigenvalue weighted by Crippen LogP contribution is 2.18. The molecule has 0 unspecified atom stereocenters. The highest BCUT2D eigenvalue weighted by molar-refractivity contribution is 6.05. The second-order valence-electron chi connectivity index (χ2n) is 4.20.